The number of hydrazine groups is 1. The van der Waals surface area contributed by atoms with Crippen LogP contribution in [0.5, 0.6) is 11.5 Å². The predicted octanol–water partition coefficient (Wildman–Crippen LogP) is 5.92. The van der Waals surface area contributed by atoms with E-state index < -0.39 is 17.6 Å². The number of nitrogens with one attached hydrogen (secondary N) is 1. The smallest absolute Gasteiger partial charge is 0.285 e. The van der Waals surface area contributed by atoms with Crippen LogP contribution >= 0.6 is 35.6 Å². The van der Waals surface area contributed by atoms with Crippen molar-refractivity contribution in [2.24, 2.45) is 0 Å². The number of amides is 2. The van der Waals surface area contributed by atoms with E-state index in [0.717, 1.165) is 22.3 Å². The number of aryl methyl sites for hydroxylation is 1. The van der Waals surface area contributed by atoms with Crippen LogP contribution in [0.15, 0.2) is 65.6 Å². The molecule has 0 aromatic heterocycles. The van der Waals surface area contributed by atoms with Crippen LogP contribution in [0, 0.1) is 12.7 Å². The Labute approximate surface area is 222 Å². The van der Waals surface area contributed by atoms with Crippen LogP contribution in [-0.4, -0.2) is 28.3 Å². The van der Waals surface area contributed by atoms with Crippen LogP contribution in [0.3, 0.4) is 0 Å². The summed E-state index contributed by atoms with van der Waals surface area (Å²) in [5, 5.41) is 1.32. The highest BCUT2D eigenvalue weighted by Crippen LogP contribution is 2.35. The monoisotopic (exact) mass is 542 g/mol. The number of rotatable bonds is 7. The molecule has 3 aromatic carbocycles. The minimum absolute atomic E-state index is 0.0828. The SMILES string of the molecule is COc1cc(/C=C2/SC(=S)N(NC(=O)c3ccc(C)cc3)C2=O)ccc1OCc1c(F)cccc1Cl. The van der Waals surface area contributed by atoms with Gasteiger partial charge in [-0.15, -0.1) is 0 Å². The van der Waals surface area contributed by atoms with Gasteiger partial charge in [0.15, 0.2) is 15.8 Å². The maximum absolute atomic E-state index is 14.0. The normalized spacial score (nSPS) is 14.3. The van der Waals surface area contributed by atoms with E-state index >= 15 is 0 Å². The maximum atomic E-state index is 14.0. The van der Waals surface area contributed by atoms with Crippen molar-refractivity contribution in [1.82, 2.24) is 10.4 Å². The minimum atomic E-state index is -0.463. The fraction of sp³-hybridized carbons (Fsp3) is 0.115. The number of ether oxygens (including phenoxy) is 2. The number of benzene rings is 3. The second-order valence-corrected chi connectivity index (χ2v) is 9.81. The molecule has 0 spiro atoms. The van der Waals surface area contributed by atoms with Crippen LogP contribution in [0.2, 0.25) is 5.02 Å². The minimum Gasteiger partial charge on any atom is -0.493 e. The lowest BCUT2D eigenvalue weighted by Crippen LogP contribution is -2.44. The zero-order valence-electron chi connectivity index (χ0n) is 19.2. The van der Waals surface area contributed by atoms with E-state index in [1.54, 1.807) is 42.5 Å². The number of hydrogen-bond acceptors (Lipinski definition) is 6. The van der Waals surface area contributed by atoms with Gasteiger partial charge in [0.25, 0.3) is 11.8 Å². The Balaban J connectivity index is 1.48. The van der Waals surface area contributed by atoms with E-state index in [-0.39, 0.29) is 21.5 Å². The Morgan fingerprint density at radius 3 is 2.61 bits per heavy atom. The lowest BCUT2D eigenvalue weighted by atomic mass is 10.1. The van der Waals surface area contributed by atoms with Crippen molar-refractivity contribution in [1.29, 1.82) is 0 Å². The predicted molar refractivity (Wildman–Crippen MR) is 142 cm³/mol. The molecule has 0 radical (unpaired) electrons. The van der Waals surface area contributed by atoms with Crippen molar-refractivity contribution in [2.45, 2.75) is 13.5 Å². The number of halogens is 2. The number of nitrogens with zero attached hydrogens (tertiary/aromatic N) is 1. The van der Waals surface area contributed by atoms with Crippen molar-refractivity contribution in [3.8, 4) is 11.5 Å². The van der Waals surface area contributed by atoms with Crippen molar-refractivity contribution >= 4 is 57.8 Å². The van der Waals surface area contributed by atoms with E-state index in [4.69, 9.17) is 33.3 Å². The van der Waals surface area contributed by atoms with Gasteiger partial charge in [-0.1, -0.05) is 53.2 Å². The molecule has 184 valence electrons. The fourth-order valence-electron chi connectivity index (χ4n) is 3.30. The first-order valence-electron chi connectivity index (χ1n) is 10.7. The van der Waals surface area contributed by atoms with Crippen LogP contribution in [0.1, 0.15) is 27.0 Å². The molecule has 1 fully saturated rings. The lowest BCUT2D eigenvalue weighted by molar-refractivity contribution is -0.123. The summed E-state index contributed by atoms with van der Waals surface area (Å²) in [6, 6.07) is 16.4. The summed E-state index contributed by atoms with van der Waals surface area (Å²) in [6.07, 6.45) is 1.64. The summed E-state index contributed by atoms with van der Waals surface area (Å²) < 4.78 is 25.4. The van der Waals surface area contributed by atoms with Gasteiger partial charge in [-0.2, -0.15) is 5.01 Å². The molecule has 0 atom stereocenters. The van der Waals surface area contributed by atoms with Crippen LogP contribution in [-0.2, 0) is 11.4 Å². The highest BCUT2D eigenvalue weighted by molar-refractivity contribution is 8.26. The zero-order valence-corrected chi connectivity index (χ0v) is 21.6. The van der Waals surface area contributed by atoms with Gasteiger partial charge in [0.2, 0.25) is 0 Å². The molecular weight excluding hydrogens is 523 g/mol. The van der Waals surface area contributed by atoms with Gasteiger partial charge < -0.3 is 9.47 Å². The number of hydrogen-bond donors (Lipinski definition) is 1. The van der Waals surface area contributed by atoms with Crippen LogP contribution in [0.25, 0.3) is 6.08 Å². The topological polar surface area (TPSA) is 67.9 Å². The zero-order chi connectivity index (χ0) is 25.8. The molecule has 0 bridgehead atoms. The summed E-state index contributed by atoms with van der Waals surface area (Å²) in [5.74, 6) is -0.578. The molecule has 1 aliphatic heterocycles. The van der Waals surface area contributed by atoms with Gasteiger partial charge in [0.05, 0.1) is 17.0 Å². The summed E-state index contributed by atoms with van der Waals surface area (Å²) >= 11 is 12.4. The molecule has 2 amide bonds. The molecule has 1 aliphatic rings. The molecule has 0 saturated carbocycles. The average molecular weight is 543 g/mol. The third-order valence-electron chi connectivity index (χ3n) is 5.24. The van der Waals surface area contributed by atoms with Crippen LogP contribution < -0.4 is 14.9 Å². The molecule has 1 saturated heterocycles. The van der Waals surface area contributed by atoms with E-state index in [0.29, 0.717) is 27.5 Å². The molecule has 10 heteroatoms. The second kappa shape index (κ2) is 11.1. The molecule has 1 heterocycles. The first-order chi connectivity index (χ1) is 17.3. The first-order valence-corrected chi connectivity index (χ1v) is 12.3. The number of thiocarbonyl (C=S) groups is 1. The Kier molecular flexibility index (Phi) is 7.93. The summed E-state index contributed by atoms with van der Waals surface area (Å²) in [5.41, 5.74) is 4.87. The van der Waals surface area contributed by atoms with Crippen molar-refractivity contribution in [3.05, 3.63) is 98.7 Å². The third-order valence-corrected chi connectivity index (χ3v) is 6.90. The average Bonchev–Trinajstić information content (AvgIpc) is 3.11. The molecular formula is C26H20ClFN2O4S2. The standard InChI is InChI=1S/C26H20ClFN2O4S2/c1-15-6-9-17(10-7-15)24(31)29-30-25(32)23(36-26(30)35)13-16-8-11-21(22(12-16)33-2)34-14-18-19(27)4-3-5-20(18)28/h3-13H,14H2,1-2H3,(H,29,31)/b23-13+. The van der Waals surface area contributed by atoms with E-state index in [9.17, 15) is 14.0 Å². The highest BCUT2D eigenvalue weighted by Gasteiger charge is 2.33. The first kappa shape index (κ1) is 25.7. The van der Waals surface area contributed by atoms with Gasteiger partial charge in [-0.25, -0.2) is 4.39 Å². The Hall–Kier alpha value is -3.40. The van der Waals surface area contributed by atoms with E-state index in [1.807, 2.05) is 19.1 Å². The maximum Gasteiger partial charge on any atom is 0.285 e. The van der Waals surface area contributed by atoms with Gasteiger partial charge in [-0.05, 0) is 67.2 Å². The molecule has 6 nitrogen and oxygen atoms in total. The third kappa shape index (κ3) is 5.70. The number of carbonyl (C=O) groups is 2. The molecule has 3 aromatic rings. The van der Waals surface area contributed by atoms with Crippen molar-refractivity contribution < 1.29 is 23.5 Å². The van der Waals surface area contributed by atoms with Crippen molar-refractivity contribution in [3.63, 3.8) is 0 Å². The number of methoxy groups -OCH3 is 1. The van der Waals surface area contributed by atoms with Gasteiger partial charge in [-0.3, -0.25) is 15.0 Å². The summed E-state index contributed by atoms with van der Waals surface area (Å²) in [4.78, 5) is 25.8. The molecule has 0 aliphatic carbocycles. The van der Waals surface area contributed by atoms with E-state index in [2.05, 4.69) is 5.43 Å². The van der Waals surface area contributed by atoms with Gasteiger partial charge >= 0.3 is 0 Å². The largest absolute Gasteiger partial charge is 0.493 e. The molecule has 4 rings (SSSR count). The molecule has 1 N–H and O–H groups in total. The van der Waals surface area contributed by atoms with Gasteiger partial charge in [0, 0.05) is 11.1 Å². The van der Waals surface area contributed by atoms with Crippen molar-refractivity contribution in [2.75, 3.05) is 7.11 Å². The highest BCUT2D eigenvalue weighted by atomic mass is 35.5. The van der Waals surface area contributed by atoms with E-state index in [1.165, 1.54) is 19.2 Å². The molecule has 36 heavy (non-hydrogen) atoms. The van der Waals surface area contributed by atoms with Gasteiger partial charge in [0.1, 0.15) is 12.4 Å². The Morgan fingerprint density at radius 1 is 1.17 bits per heavy atom. The summed E-state index contributed by atoms with van der Waals surface area (Å²) in [7, 11) is 1.47. The summed E-state index contributed by atoms with van der Waals surface area (Å²) in [6.45, 7) is 1.83. The second-order valence-electron chi connectivity index (χ2n) is 7.72. The quantitative estimate of drug-likeness (QED) is 0.295. The Bertz CT molecular complexity index is 1360. The van der Waals surface area contributed by atoms with Crippen LogP contribution in [0.4, 0.5) is 4.39 Å². The lowest BCUT2D eigenvalue weighted by Gasteiger charge is -2.15. The molecule has 0 unspecified atom stereocenters. The Morgan fingerprint density at radius 2 is 1.92 bits per heavy atom. The fourth-order valence-corrected chi connectivity index (χ4v) is 4.70. The number of thioether (sulfide) groups is 1. The number of carbonyl (C=O) groups excluding carboxylic acids is 2.